The van der Waals surface area contributed by atoms with Crippen LogP contribution in [0, 0.1) is 5.82 Å². The number of nitrogens with two attached hydrogens (primary N) is 1. The molecular weight excluding hydrogens is 265 g/mol. The number of aromatic nitrogens is 1. The molecule has 2 rings (SSSR count). The van der Waals surface area contributed by atoms with Gasteiger partial charge in [0.2, 0.25) is 0 Å². The van der Waals surface area contributed by atoms with Gasteiger partial charge in [0.15, 0.2) is 0 Å². The van der Waals surface area contributed by atoms with Gasteiger partial charge < -0.3 is 5.73 Å². The number of rotatable bonds is 6. The quantitative estimate of drug-likeness (QED) is 0.887. The summed E-state index contributed by atoms with van der Waals surface area (Å²) < 4.78 is 14.1. The molecule has 21 heavy (non-hydrogen) atoms. The molecule has 0 aliphatic carbocycles. The molecule has 0 aliphatic heterocycles. The summed E-state index contributed by atoms with van der Waals surface area (Å²) in [5, 5.41) is 0. The fourth-order valence-corrected chi connectivity index (χ4v) is 2.63. The van der Waals surface area contributed by atoms with Gasteiger partial charge in [-0.15, -0.1) is 0 Å². The number of nitrogens with zero attached hydrogens (tertiary/aromatic N) is 2. The first-order chi connectivity index (χ1) is 10.1. The average Bonchev–Trinajstić information content (AvgIpc) is 2.49. The molecule has 2 N–H and O–H groups in total. The van der Waals surface area contributed by atoms with E-state index in [1.807, 2.05) is 37.3 Å². The summed E-state index contributed by atoms with van der Waals surface area (Å²) in [6, 6.07) is 12.3. The summed E-state index contributed by atoms with van der Waals surface area (Å²) in [5.41, 5.74) is 7.74. The molecule has 0 radical (unpaired) electrons. The predicted octanol–water partition coefficient (Wildman–Crippen LogP) is 3.13. The third-order valence-corrected chi connectivity index (χ3v) is 3.61. The predicted molar refractivity (Wildman–Crippen MR) is 83.1 cm³/mol. The van der Waals surface area contributed by atoms with E-state index in [4.69, 9.17) is 5.73 Å². The molecular formula is C17H22FN3. The van der Waals surface area contributed by atoms with Crippen LogP contribution in [0.1, 0.15) is 31.1 Å². The highest BCUT2D eigenvalue weighted by molar-refractivity contribution is 5.23. The summed E-state index contributed by atoms with van der Waals surface area (Å²) in [6.07, 6.45) is 1.77. The van der Waals surface area contributed by atoms with Crippen molar-refractivity contribution in [3.63, 3.8) is 0 Å². The third kappa shape index (κ3) is 3.86. The Hall–Kier alpha value is -1.78. The Bertz CT molecular complexity index is 557. The van der Waals surface area contributed by atoms with Gasteiger partial charge in [0.1, 0.15) is 5.82 Å². The van der Waals surface area contributed by atoms with Crippen molar-refractivity contribution < 1.29 is 4.39 Å². The van der Waals surface area contributed by atoms with Crippen LogP contribution in [0.15, 0.2) is 48.7 Å². The highest BCUT2D eigenvalue weighted by Crippen LogP contribution is 2.27. The molecule has 0 saturated heterocycles. The van der Waals surface area contributed by atoms with Crippen LogP contribution < -0.4 is 5.73 Å². The standard InChI is InChI=1S/C17H22FN3/c1-3-21(12-14-8-6-7-11-20-14)17(13(2)19)15-9-4-5-10-16(15)18/h4-11,13,17H,3,12,19H2,1-2H3. The average molecular weight is 287 g/mol. The molecule has 0 bridgehead atoms. The number of benzene rings is 1. The van der Waals surface area contributed by atoms with Crippen LogP contribution in [0.4, 0.5) is 4.39 Å². The monoisotopic (exact) mass is 287 g/mol. The molecule has 1 aromatic heterocycles. The molecule has 1 aromatic carbocycles. The smallest absolute Gasteiger partial charge is 0.128 e. The van der Waals surface area contributed by atoms with Gasteiger partial charge >= 0.3 is 0 Å². The minimum absolute atomic E-state index is 0.168. The number of likely N-dealkylation sites (N-methyl/N-ethyl adjacent to an activating group) is 1. The third-order valence-electron chi connectivity index (χ3n) is 3.61. The van der Waals surface area contributed by atoms with Gasteiger partial charge in [0.25, 0.3) is 0 Å². The van der Waals surface area contributed by atoms with Crippen LogP contribution in [0.5, 0.6) is 0 Å². The van der Waals surface area contributed by atoms with Crippen molar-refractivity contribution in [2.75, 3.05) is 6.54 Å². The Morgan fingerprint density at radius 1 is 1.19 bits per heavy atom. The van der Waals surface area contributed by atoms with Gasteiger partial charge in [0, 0.05) is 24.3 Å². The molecule has 2 atom stereocenters. The summed E-state index contributed by atoms with van der Waals surface area (Å²) in [6.45, 7) is 5.40. The first kappa shape index (κ1) is 15.6. The molecule has 0 amide bonds. The fourth-order valence-electron chi connectivity index (χ4n) is 2.63. The Labute approximate surface area is 125 Å². The second-order valence-electron chi connectivity index (χ2n) is 5.21. The van der Waals surface area contributed by atoms with E-state index in [9.17, 15) is 4.39 Å². The summed E-state index contributed by atoms with van der Waals surface area (Å²) in [4.78, 5) is 6.51. The number of hydrogen-bond acceptors (Lipinski definition) is 3. The highest BCUT2D eigenvalue weighted by atomic mass is 19.1. The first-order valence-electron chi connectivity index (χ1n) is 7.27. The molecule has 4 heteroatoms. The van der Waals surface area contributed by atoms with Crippen LogP contribution in [-0.2, 0) is 6.54 Å². The van der Waals surface area contributed by atoms with Crippen molar-refractivity contribution in [3.8, 4) is 0 Å². The summed E-state index contributed by atoms with van der Waals surface area (Å²) in [7, 11) is 0. The lowest BCUT2D eigenvalue weighted by Gasteiger charge is -2.33. The summed E-state index contributed by atoms with van der Waals surface area (Å²) >= 11 is 0. The van der Waals surface area contributed by atoms with Crippen LogP contribution >= 0.6 is 0 Å². The molecule has 112 valence electrons. The van der Waals surface area contributed by atoms with E-state index in [-0.39, 0.29) is 17.9 Å². The van der Waals surface area contributed by atoms with E-state index in [1.165, 1.54) is 6.07 Å². The largest absolute Gasteiger partial charge is 0.326 e. The van der Waals surface area contributed by atoms with Crippen molar-refractivity contribution >= 4 is 0 Å². The molecule has 0 spiro atoms. The molecule has 3 nitrogen and oxygen atoms in total. The lowest BCUT2D eigenvalue weighted by atomic mass is 9.98. The van der Waals surface area contributed by atoms with Gasteiger partial charge in [-0.1, -0.05) is 31.2 Å². The van der Waals surface area contributed by atoms with Crippen LogP contribution in [0.3, 0.4) is 0 Å². The van der Waals surface area contributed by atoms with E-state index in [2.05, 4.69) is 16.8 Å². The maximum absolute atomic E-state index is 14.1. The van der Waals surface area contributed by atoms with Gasteiger partial charge in [-0.2, -0.15) is 0 Å². The number of pyridine rings is 1. The van der Waals surface area contributed by atoms with E-state index >= 15 is 0 Å². The van der Waals surface area contributed by atoms with E-state index in [0.717, 1.165) is 12.2 Å². The second kappa shape index (κ2) is 7.29. The zero-order chi connectivity index (χ0) is 15.2. The van der Waals surface area contributed by atoms with Crippen LogP contribution in [0.2, 0.25) is 0 Å². The molecule has 0 aliphatic rings. The van der Waals surface area contributed by atoms with Crippen molar-refractivity contribution in [1.29, 1.82) is 0 Å². The molecule has 2 aromatic rings. The van der Waals surface area contributed by atoms with Crippen LogP contribution in [-0.4, -0.2) is 22.5 Å². The van der Waals surface area contributed by atoms with Crippen molar-refractivity contribution in [1.82, 2.24) is 9.88 Å². The zero-order valence-electron chi connectivity index (χ0n) is 12.5. The molecule has 2 unspecified atom stereocenters. The van der Waals surface area contributed by atoms with E-state index in [0.29, 0.717) is 12.1 Å². The highest BCUT2D eigenvalue weighted by Gasteiger charge is 2.25. The fraction of sp³-hybridized carbons (Fsp3) is 0.353. The zero-order valence-corrected chi connectivity index (χ0v) is 12.5. The van der Waals surface area contributed by atoms with Crippen molar-refractivity contribution in [3.05, 3.63) is 65.7 Å². The Morgan fingerprint density at radius 3 is 2.48 bits per heavy atom. The molecule has 1 heterocycles. The van der Waals surface area contributed by atoms with Crippen molar-refractivity contribution in [2.45, 2.75) is 32.5 Å². The first-order valence-corrected chi connectivity index (χ1v) is 7.27. The molecule has 0 fully saturated rings. The maximum atomic E-state index is 14.1. The summed E-state index contributed by atoms with van der Waals surface area (Å²) in [5.74, 6) is -0.209. The van der Waals surface area contributed by atoms with Gasteiger partial charge in [-0.25, -0.2) is 4.39 Å². The normalized spacial score (nSPS) is 14.1. The van der Waals surface area contributed by atoms with E-state index in [1.54, 1.807) is 12.3 Å². The Morgan fingerprint density at radius 2 is 1.90 bits per heavy atom. The number of halogens is 1. The maximum Gasteiger partial charge on any atom is 0.128 e. The Balaban J connectivity index is 2.29. The second-order valence-corrected chi connectivity index (χ2v) is 5.21. The lowest BCUT2D eigenvalue weighted by molar-refractivity contribution is 0.171. The Kier molecular flexibility index (Phi) is 5.42. The minimum Gasteiger partial charge on any atom is -0.326 e. The number of hydrogen-bond donors (Lipinski definition) is 1. The van der Waals surface area contributed by atoms with Crippen molar-refractivity contribution in [2.24, 2.45) is 5.73 Å². The van der Waals surface area contributed by atoms with Gasteiger partial charge in [-0.3, -0.25) is 9.88 Å². The van der Waals surface area contributed by atoms with Crippen LogP contribution in [0.25, 0.3) is 0 Å². The van der Waals surface area contributed by atoms with E-state index < -0.39 is 0 Å². The molecule has 0 saturated carbocycles. The lowest BCUT2D eigenvalue weighted by Crippen LogP contribution is -2.39. The minimum atomic E-state index is -0.209. The van der Waals surface area contributed by atoms with Gasteiger partial charge in [0.05, 0.1) is 11.7 Å². The SMILES string of the molecule is CCN(Cc1ccccn1)C(c1ccccc1F)C(C)N. The van der Waals surface area contributed by atoms with Gasteiger partial charge in [-0.05, 0) is 31.7 Å². The topological polar surface area (TPSA) is 42.2 Å².